The van der Waals surface area contributed by atoms with Crippen LogP contribution in [0.1, 0.15) is 25.2 Å². The van der Waals surface area contributed by atoms with Crippen molar-refractivity contribution in [1.82, 2.24) is 9.36 Å². The van der Waals surface area contributed by atoms with E-state index >= 15 is 0 Å². The molecule has 0 saturated heterocycles. The van der Waals surface area contributed by atoms with Gasteiger partial charge in [0.2, 0.25) is 5.13 Å². The summed E-state index contributed by atoms with van der Waals surface area (Å²) in [6.45, 7) is 4.80. The van der Waals surface area contributed by atoms with Crippen LogP contribution >= 0.6 is 23.1 Å². The van der Waals surface area contributed by atoms with Crippen LogP contribution < -0.4 is 5.32 Å². The smallest absolute Gasteiger partial charge is 0.202 e. The van der Waals surface area contributed by atoms with Gasteiger partial charge in [0, 0.05) is 30.6 Å². The minimum atomic E-state index is -0.428. The summed E-state index contributed by atoms with van der Waals surface area (Å²) in [5, 5.41) is 4.02. The van der Waals surface area contributed by atoms with Gasteiger partial charge in [-0.2, -0.15) is 4.37 Å². The molecule has 2 aromatic rings. The molecule has 4 nitrogen and oxygen atoms in total. The summed E-state index contributed by atoms with van der Waals surface area (Å²) >= 11 is 7.11. The Morgan fingerprint density at radius 1 is 1.43 bits per heavy atom. The maximum atomic E-state index is 14.1. The van der Waals surface area contributed by atoms with Crippen LogP contribution in [0.15, 0.2) is 18.2 Å². The Balaban J connectivity index is 2.08. The third-order valence-corrected chi connectivity index (χ3v) is 4.11. The molecular weight excluding hydrogens is 313 g/mol. The van der Waals surface area contributed by atoms with E-state index in [9.17, 15) is 4.39 Å². The van der Waals surface area contributed by atoms with Crippen molar-refractivity contribution < 1.29 is 9.13 Å². The van der Waals surface area contributed by atoms with Crippen LogP contribution in [0.4, 0.5) is 9.52 Å². The molecule has 0 bridgehead atoms. The van der Waals surface area contributed by atoms with Gasteiger partial charge in [0.15, 0.2) is 5.82 Å². The first-order valence-corrected chi connectivity index (χ1v) is 7.59. The van der Waals surface area contributed by atoms with Crippen molar-refractivity contribution >= 4 is 28.3 Å². The fraction of sp³-hybridized carbons (Fsp3) is 0.429. The lowest BCUT2D eigenvalue weighted by atomic mass is 9.84. The number of anilines is 1. The maximum Gasteiger partial charge on any atom is 0.202 e. The highest BCUT2D eigenvalue weighted by molar-refractivity contribution is 7.09. The number of rotatable bonds is 6. The van der Waals surface area contributed by atoms with E-state index in [1.165, 1.54) is 11.5 Å². The van der Waals surface area contributed by atoms with E-state index in [4.69, 9.17) is 16.3 Å². The molecule has 0 spiro atoms. The third-order valence-electron chi connectivity index (χ3n) is 3.10. The van der Waals surface area contributed by atoms with E-state index in [1.54, 1.807) is 25.3 Å². The highest BCUT2D eigenvalue weighted by atomic mass is 35.5. The Kier molecular flexibility index (Phi) is 5.13. The number of methoxy groups -OCH3 is 1. The molecule has 1 heterocycles. The summed E-state index contributed by atoms with van der Waals surface area (Å²) in [5.74, 6) is 0.264. The fourth-order valence-corrected chi connectivity index (χ4v) is 2.67. The zero-order chi connectivity index (χ0) is 15.5. The van der Waals surface area contributed by atoms with Crippen molar-refractivity contribution in [2.24, 2.45) is 0 Å². The Hall–Kier alpha value is -1.24. The number of nitrogens with one attached hydrogen (secondary N) is 1. The molecule has 0 aliphatic carbocycles. The van der Waals surface area contributed by atoms with Crippen molar-refractivity contribution in [2.75, 3.05) is 19.0 Å². The number of nitrogens with zero attached hydrogens (tertiary/aromatic N) is 2. The molecule has 0 atom stereocenters. The maximum absolute atomic E-state index is 14.1. The summed E-state index contributed by atoms with van der Waals surface area (Å²) in [6, 6.07) is 5.05. The predicted molar refractivity (Wildman–Crippen MR) is 83.5 cm³/mol. The van der Waals surface area contributed by atoms with Crippen LogP contribution in [0.3, 0.4) is 0 Å². The Morgan fingerprint density at radius 2 is 2.19 bits per heavy atom. The molecule has 0 amide bonds. The molecule has 0 aliphatic rings. The second-order valence-corrected chi connectivity index (χ2v) is 6.45. The van der Waals surface area contributed by atoms with Crippen LogP contribution in [-0.4, -0.2) is 23.0 Å². The van der Waals surface area contributed by atoms with E-state index in [0.717, 1.165) is 0 Å². The van der Waals surface area contributed by atoms with Crippen molar-refractivity contribution in [3.05, 3.63) is 40.4 Å². The Bertz CT molecular complexity index is 618. The monoisotopic (exact) mass is 329 g/mol. The normalized spacial score (nSPS) is 11.7. The minimum absolute atomic E-state index is 0.138. The predicted octanol–water partition coefficient (Wildman–Crippen LogP) is 3.87. The van der Waals surface area contributed by atoms with Gasteiger partial charge in [0.1, 0.15) is 12.4 Å². The quantitative estimate of drug-likeness (QED) is 0.874. The highest BCUT2D eigenvalue weighted by Gasteiger charge is 2.25. The molecule has 0 aliphatic heterocycles. The summed E-state index contributed by atoms with van der Waals surface area (Å²) in [5.41, 5.74) is 0.145. The summed E-state index contributed by atoms with van der Waals surface area (Å²) in [6.07, 6.45) is 0. The lowest BCUT2D eigenvalue weighted by Gasteiger charge is -2.26. The number of hydrogen-bond donors (Lipinski definition) is 1. The van der Waals surface area contributed by atoms with Gasteiger partial charge >= 0.3 is 0 Å². The molecule has 1 aromatic heterocycles. The molecule has 0 unspecified atom stereocenters. The Morgan fingerprint density at radius 3 is 2.90 bits per heavy atom. The average Bonchev–Trinajstić information content (AvgIpc) is 2.88. The number of halogens is 2. The molecular formula is C14H17ClFN3OS. The molecule has 0 fully saturated rings. The highest BCUT2D eigenvalue weighted by Crippen LogP contribution is 2.30. The van der Waals surface area contributed by atoms with E-state index in [0.29, 0.717) is 29.7 Å². The van der Waals surface area contributed by atoms with Crippen LogP contribution in [0.25, 0.3) is 0 Å². The number of ether oxygens (including phenoxy) is 1. The largest absolute Gasteiger partial charge is 0.377 e. The Labute approximate surface area is 132 Å². The van der Waals surface area contributed by atoms with Crippen LogP contribution in [-0.2, 0) is 16.8 Å². The lowest BCUT2D eigenvalue weighted by molar-refractivity contribution is 0.179. The number of hydrogen-bond acceptors (Lipinski definition) is 5. The molecule has 7 heteroatoms. The van der Waals surface area contributed by atoms with E-state index in [2.05, 4.69) is 14.7 Å². The second-order valence-electron chi connectivity index (χ2n) is 5.29. The molecule has 1 aromatic carbocycles. The molecule has 0 saturated carbocycles. The van der Waals surface area contributed by atoms with E-state index < -0.39 is 5.41 Å². The topological polar surface area (TPSA) is 47.0 Å². The molecule has 2 rings (SSSR count). The first kappa shape index (κ1) is 16.1. The summed E-state index contributed by atoms with van der Waals surface area (Å²) in [7, 11) is 1.60. The van der Waals surface area contributed by atoms with Crippen LogP contribution in [0.2, 0.25) is 5.02 Å². The summed E-state index contributed by atoms with van der Waals surface area (Å²) in [4.78, 5) is 4.29. The zero-order valence-electron chi connectivity index (χ0n) is 12.1. The first-order chi connectivity index (χ1) is 9.94. The van der Waals surface area contributed by atoms with Gasteiger partial charge in [-0.05, 0) is 11.6 Å². The fourth-order valence-electron chi connectivity index (χ4n) is 1.93. The standard InChI is InChI=1S/C14H17ClFN3OS/c1-14(2,9-5-4-6-10(15)12(9)16)8-17-13-18-11(7-20-3)19-21-13/h4-6H,7-8H2,1-3H3,(H,17,18,19). The molecule has 0 radical (unpaired) electrons. The number of aromatic nitrogens is 2. The zero-order valence-corrected chi connectivity index (χ0v) is 13.7. The number of benzene rings is 1. The average molecular weight is 330 g/mol. The van der Waals surface area contributed by atoms with Crippen LogP contribution in [0, 0.1) is 5.82 Å². The molecule has 21 heavy (non-hydrogen) atoms. The van der Waals surface area contributed by atoms with Crippen molar-refractivity contribution in [3.8, 4) is 0 Å². The van der Waals surface area contributed by atoms with Crippen molar-refractivity contribution in [3.63, 3.8) is 0 Å². The molecule has 1 N–H and O–H groups in total. The second kappa shape index (κ2) is 6.68. The lowest BCUT2D eigenvalue weighted by Crippen LogP contribution is -2.28. The van der Waals surface area contributed by atoms with Gasteiger partial charge in [-0.15, -0.1) is 0 Å². The van der Waals surface area contributed by atoms with E-state index in [1.807, 2.05) is 13.8 Å². The van der Waals surface area contributed by atoms with Gasteiger partial charge in [-0.3, -0.25) is 0 Å². The minimum Gasteiger partial charge on any atom is -0.377 e. The van der Waals surface area contributed by atoms with Gasteiger partial charge in [-0.25, -0.2) is 9.37 Å². The van der Waals surface area contributed by atoms with Gasteiger partial charge in [-0.1, -0.05) is 37.6 Å². The molecule has 114 valence electrons. The SMILES string of the molecule is COCc1nsc(NCC(C)(C)c2cccc(Cl)c2F)n1. The van der Waals surface area contributed by atoms with Gasteiger partial charge in [0.05, 0.1) is 5.02 Å². The van der Waals surface area contributed by atoms with Crippen LogP contribution in [0.5, 0.6) is 0 Å². The van der Waals surface area contributed by atoms with Crippen molar-refractivity contribution in [1.29, 1.82) is 0 Å². The van der Waals surface area contributed by atoms with Crippen molar-refractivity contribution in [2.45, 2.75) is 25.9 Å². The van der Waals surface area contributed by atoms with Gasteiger partial charge in [0.25, 0.3) is 0 Å². The van der Waals surface area contributed by atoms with Gasteiger partial charge < -0.3 is 10.1 Å². The third kappa shape index (κ3) is 3.90. The first-order valence-electron chi connectivity index (χ1n) is 6.44. The summed E-state index contributed by atoms with van der Waals surface area (Å²) < 4.78 is 23.3. The van der Waals surface area contributed by atoms with E-state index in [-0.39, 0.29) is 10.8 Å².